The van der Waals surface area contributed by atoms with E-state index in [1.54, 1.807) is 0 Å². The molecule has 0 unspecified atom stereocenters. The lowest BCUT2D eigenvalue weighted by molar-refractivity contribution is -0.139. The van der Waals surface area contributed by atoms with Crippen LogP contribution in [-0.2, 0) is 4.79 Å². The van der Waals surface area contributed by atoms with E-state index >= 15 is 0 Å². The molecule has 0 aromatic rings. The van der Waals surface area contributed by atoms with Gasteiger partial charge in [-0.05, 0) is 19.4 Å². The van der Waals surface area contributed by atoms with Gasteiger partial charge in [0.15, 0.2) is 0 Å². The van der Waals surface area contributed by atoms with E-state index in [2.05, 4.69) is 5.32 Å². The number of aliphatic carboxylic acids is 1. The van der Waals surface area contributed by atoms with Gasteiger partial charge in [-0.2, -0.15) is 0 Å². The quantitative estimate of drug-likeness (QED) is 0.508. The molecule has 4 heteroatoms. The van der Waals surface area contributed by atoms with E-state index in [1.165, 1.54) is 0 Å². The third kappa shape index (κ3) is 2.17. The number of piperidine rings is 1. The lowest BCUT2D eigenvalue weighted by Crippen LogP contribution is -2.51. The van der Waals surface area contributed by atoms with Gasteiger partial charge in [-0.25, -0.2) is 0 Å². The lowest BCUT2D eigenvalue weighted by Gasteiger charge is -2.26. The third-order valence-corrected chi connectivity index (χ3v) is 2.07. The van der Waals surface area contributed by atoms with Crippen molar-refractivity contribution in [3.8, 4) is 0 Å². The summed E-state index contributed by atoms with van der Waals surface area (Å²) in [5.41, 5.74) is 5.43. The smallest absolute Gasteiger partial charge is 0.322 e. The monoisotopic (exact) mass is 158 g/mol. The molecule has 0 aliphatic carbocycles. The van der Waals surface area contributed by atoms with Gasteiger partial charge in [-0.1, -0.05) is 6.42 Å². The summed E-state index contributed by atoms with van der Waals surface area (Å²) < 4.78 is 0. The van der Waals surface area contributed by atoms with Crippen LogP contribution in [0, 0.1) is 0 Å². The molecule has 1 aliphatic rings. The van der Waals surface area contributed by atoms with Crippen molar-refractivity contribution in [2.24, 2.45) is 5.73 Å². The van der Waals surface area contributed by atoms with Gasteiger partial charge in [0, 0.05) is 6.04 Å². The van der Waals surface area contributed by atoms with E-state index in [4.69, 9.17) is 10.8 Å². The Morgan fingerprint density at radius 1 is 1.64 bits per heavy atom. The largest absolute Gasteiger partial charge is 0.480 e. The molecule has 4 nitrogen and oxygen atoms in total. The summed E-state index contributed by atoms with van der Waals surface area (Å²) >= 11 is 0. The molecule has 0 saturated carbocycles. The summed E-state index contributed by atoms with van der Waals surface area (Å²) in [6.07, 6.45) is 3.09. The standard InChI is InChI=1S/C7H14N2O2/c8-6(7(10)11)5-3-1-2-4-9-5/h5-6,9H,1-4,8H2,(H,10,11)/t5-,6+/m1/s1. The average Bonchev–Trinajstić information content (AvgIpc) is 2.05. The van der Waals surface area contributed by atoms with E-state index in [0.717, 1.165) is 25.8 Å². The second-order valence-electron chi connectivity index (χ2n) is 2.92. The molecule has 1 aliphatic heterocycles. The molecule has 1 fully saturated rings. The molecule has 0 aromatic heterocycles. The number of carboxylic acid groups (broad SMARTS) is 1. The number of nitrogens with one attached hydrogen (secondary N) is 1. The zero-order valence-electron chi connectivity index (χ0n) is 6.42. The van der Waals surface area contributed by atoms with Gasteiger partial charge in [-0.3, -0.25) is 4.79 Å². The van der Waals surface area contributed by atoms with Crippen molar-refractivity contribution in [2.45, 2.75) is 31.3 Å². The molecule has 4 N–H and O–H groups in total. The maximum absolute atomic E-state index is 10.4. The van der Waals surface area contributed by atoms with Crippen molar-refractivity contribution in [1.82, 2.24) is 5.32 Å². The molecule has 0 spiro atoms. The molecule has 0 aromatic carbocycles. The first kappa shape index (κ1) is 8.49. The molecule has 1 heterocycles. The Balaban J connectivity index is 2.38. The Morgan fingerprint density at radius 2 is 2.36 bits per heavy atom. The summed E-state index contributed by atoms with van der Waals surface area (Å²) in [5.74, 6) is -0.913. The highest BCUT2D eigenvalue weighted by atomic mass is 16.4. The fourth-order valence-corrected chi connectivity index (χ4v) is 1.36. The molecular formula is C7H14N2O2. The molecular weight excluding hydrogens is 144 g/mol. The first-order valence-electron chi connectivity index (χ1n) is 3.93. The number of carbonyl (C=O) groups is 1. The van der Waals surface area contributed by atoms with Gasteiger partial charge in [0.1, 0.15) is 6.04 Å². The fourth-order valence-electron chi connectivity index (χ4n) is 1.36. The second-order valence-corrected chi connectivity index (χ2v) is 2.92. The van der Waals surface area contributed by atoms with Crippen LogP contribution in [0.2, 0.25) is 0 Å². The minimum absolute atomic E-state index is 0.0266. The van der Waals surface area contributed by atoms with Crippen molar-refractivity contribution in [2.75, 3.05) is 6.54 Å². The third-order valence-electron chi connectivity index (χ3n) is 2.07. The fraction of sp³-hybridized carbons (Fsp3) is 0.857. The summed E-state index contributed by atoms with van der Waals surface area (Å²) in [5, 5.41) is 11.7. The van der Waals surface area contributed by atoms with Crippen molar-refractivity contribution >= 4 is 5.97 Å². The molecule has 2 atom stereocenters. The molecule has 0 bridgehead atoms. The number of hydrogen-bond acceptors (Lipinski definition) is 3. The van der Waals surface area contributed by atoms with Crippen LogP contribution in [-0.4, -0.2) is 29.7 Å². The highest BCUT2D eigenvalue weighted by molar-refractivity contribution is 5.74. The Morgan fingerprint density at radius 3 is 2.82 bits per heavy atom. The molecule has 11 heavy (non-hydrogen) atoms. The molecule has 1 rings (SSSR count). The first-order valence-corrected chi connectivity index (χ1v) is 3.93. The predicted molar refractivity (Wildman–Crippen MR) is 41.3 cm³/mol. The summed E-state index contributed by atoms with van der Waals surface area (Å²) in [4.78, 5) is 10.4. The van der Waals surface area contributed by atoms with E-state index < -0.39 is 12.0 Å². The Bertz CT molecular complexity index is 143. The van der Waals surface area contributed by atoms with Crippen LogP contribution in [0.3, 0.4) is 0 Å². The van der Waals surface area contributed by atoms with Crippen LogP contribution in [0.15, 0.2) is 0 Å². The van der Waals surface area contributed by atoms with E-state index in [0.29, 0.717) is 0 Å². The van der Waals surface area contributed by atoms with Gasteiger partial charge >= 0.3 is 5.97 Å². The van der Waals surface area contributed by atoms with Crippen LogP contribution in [0.1, 0.15) is 19.3 Å². The first-order chi connectivity index (χ1) is 5.22. The Labute approximate surface area is 65.8 Å². The second kappa shape index (κ2) is 3.69. The summed E-state index contributed by atoms with van der Waals surface area (Å²) in [6.45, 7) is 0.894. The van der Waals surface area contributed by atoms with Gasteiger partial charge in [0.2, 0.25) is 0 Å². The minimum atomic E-state index is -0.913. The number of rotatable bonds is 2. The average molecular weight is 158 g/mol. The number of carboxylic acids is 1. The summed E-state index contributed by atoms with van der Waals surface area (Å²) in [6, 6.07) is -0.767. The Hall–Kier alpha value is -0.610. The van der Waals surface area contributed by atoms with Crippen LogP contribution < -0.4 is 11.1 Å². The Kier molecular flexibility index (Phi) is 2.84. The normalized spacial score (nSPS) is 27.9. The van der Waals surface area contributed by atoms with Gasteiger partial charge < -0.3 is 16.2 Å². The van der Waals surface area contributed by atoms with Gasteiger partial charge in [0.05, 0.1) is 0 Å². The number of nitrogens with two attached hydrogens (primary N) is 1. The number of hydrogen-bond donors (Lipinski definition) is 3. The van der Waals surface area contributed by atoms with Crippen LogP contribution in [0.25, 0.3) is 0 Å². The van der Waals surface area contributed by atoms with Crippen LogP contribution >= 0.6 is 0 Å². The maximum Gasteiger partial charge on any atom is 0.322 e. The SMILES string of the molecule is N[C@H](C(=O)O)[C@H]1CCCCN1. The van der Waals surface area contributed by atoms with Crippen LogP contribution in [0.5, 0.6) is 0 Å². The summed E-state index contributed by atoms with van der Waals surface area (Å²) in [7, 11) is 0. The highest BCUT2D eigenvalue weighted by Crippen LogP contribution is 2.08. The van der Waals surface area contributed by atoms with Crippen molar-refractivity contribution in [1.29, 1.82) is 0 Å². The van der Waals surface area contributed by atoms with Gasteiger partial charge in [-0.15, -0.1) is 0 Å². The van der Waals surface area contributed by atoms with Crippen molar-refractivity contribution < 1.29 is 9.90 Å². The van der Waals surface area contributed by atoms with E-state index in [1.807, 2.05) is 0 Å². The topological polar surface area (TPSA) is 75.4 Å². The molecule has 0 radical (unpaired) electrons. The zero-order valence-corrected chi connectivity index (χ0v) is 6.42. The van der Waals surface area contributed by atoms with Crippen molar-refractivity contribution in [3.05, 3.63) is 0 Å². The van der Waals surface area contributed by atoms with Gasteiger partial charge in [0.25, 0.3) is 0 Å². The van der Waals surface area contributed by atoms with E-state index in [-0.39, 0.29) is 6.04 Å². The minimum Gasteiger partial charge on any atom is -0.480 e. The molecule has 64 valence electrons. The lowest BCUT2D eigenvalue weighted by atomic mass is 9.99. The zero-order chi connectivity index (χ0) is 8.27. The molecule has 0 amide bonds. The highest BCUT2D eigenvalue weighted by Gasteiger charge is 2.24. The van der Waals surface area contributed by atoms with E-state index in [9.17, 15) is 4.79 Å². The predicted octanol–water partition coefficient (Wildman–Crippen LogP) is -0.460. The maximum atomic E-state index is 10.4. The molecule has 1 saturated heterocycles. The van der Waals surface area contributed by atoms with Crippen molar-refractivity contribution in [3.63, 3.8) is 0 Å². The van der Waals surface area contributed by atoms with Crippen LogP contribution in [0.4, 0.5) is 0 Å².